The Bertz CT molecular complexity index is 1230. The standard InChI is InChI=1S/C23H24Cl3N3O3/c1-3-27-9-5-4-6-16(13-27)28-20-11-14(22(30)32-2)10-18(26)21(20)29(23(28)31)19-8-7-15(24)12-17(19)25/h7-8,10-12,16H,3-6,9,13H2,1-2H3. The number of aromatic nitrogens is 2. The Morgan fingerprint density at radius 2 is 1.91 bits per heavy atom. The van der Waals surface area contributed by atoms with Gasteiger partial charge in [-0.15, -0.1) is 0 Å². The molecule has 0 bridgehead atoms. The molecule has 0 radical (unpaired) electrons. The van der Waals surface area contributed by atoms with E-state index in [4.69, 9.17) is 39.5 Å². The van der Waals surface area contributed by atoms with Crippen LogP contribution in [0.25, 0.3) is 16.7 Å². The molecule has 1 fully saturated rings. The van der Waals surface area contributed by atoms with Crippen molar-refractivity contribution in [2.75, 3.05) is 26.7 Å². The zero-order valence-corrected chi connectivity index (χ0v) is 20.2. The summed E-state index contributed by atoms with van der Waals surface area (Å²) in [6, 6.07) is 8.10. The molecule has 1 unspecified atom stereocenters. The van der Waals surface area contributed by atoms with Crippen LogP contribution in [0.5, 0.6) is 0 Å². The van der Waals surface area contributed by atoms with Crippen molar-refractivity contribution in [2.45, 2.75) is 32.2 Å². The number of benzene rings is 2. The van der Waals surface area contributed by atoms with E-state index in [-0.39, 0.29) is 16.8 Å². The van der Waals surface area contributed by atoms with E-state index in [2.05, 4.69) is 11.8 Å². The van der Waals surface area contributed by atoms with Gasteiger partial charge in [0.05, 0.1) is 45.5 Å². The smallest absolute Gasteiger partial charge is 0.337 e. The second-order valence-electron chi connectivity index (χ2n) is 7.94. The van der Waals surface area contributed by atoms with Gasteiger partial charge in [0.2, 0.25) is 0 Å². The molecule has 9 heteroatoms. The molecule has 32 heavy (non-hydrogen) atoms. The van der Waals surface area contributed by atoms with E-state index in [9.17, 15) is 9.59 Å². The number of halogens is 3. The lowest BCUT2D eigenvalue weighted by Crippen LogP contribution is -2.34. The number of ether oxygens (including phenoxy) is 1. The zero-order chi connectivity index (χ0) is 23.0. The lowest BCUT2D eigenvalue weighted by molar-refractivity contribution is 0.0601. The van der Waals surface area contributed by atoms with Crippen molar-refractivity contribution in [3.05, 3.63) is 61.4 Å². The summed E-state index contributed by atoms with van der Waals surface area (Å²) >= 11 is 19.2. The van der Waals surface area contributed by atoms with Gasteiger partial charge in [-0.2, -0.15) is 0 Å². The van der Waals surface area contributed by atoms with Gasteiger partial charge < -0.3 is 9.64 Å². The summed E-state index contributed by atoms with van der Waals surface area (Å²) < 4.78 is 8.17. The first-order chi connectivity index (χ1) is 15.3. The van der Waals surface area contributed by atoms with Crippen molar-refractivity contribution < 1.29 is 9.53 Å². The van der Waals surface area contributed by atoms with Gasteiger partial charge in [0.25, 0.3) is 0 Å². The molecular weight excluding hydrogens is 473 g/mol. The van der Waals surface area contributed by atoms with Crippen LogP contribution in [0.1, 0.15) is 42.6 Å². The minimum absolute atomic E-state index is 0.0660. The molecule has 1 atom stereocenters. The molecule has 3 aromatic rings. The van der Waals surface area contributed by atoms with Gasteiger partial charge in [-0.05, 0) is 56.3 Å². The highest BCUT2D eigenvalue weighted by molar-refractivity contribution is 6.37. The maximum atomic E-state index is 13.9. The van der Waals surface area contributed by atoms with Gasteiger partial charge >= 0.3 is 11.7 Å². The molecule has 0 N–H and O–H groups in total. The summed E-state index contributed by atoms with van der Waals surface area (Å²) in [5, 5.41) is 1.07. The normalized spacial score (nSPS) is 17.5. The average Bonchev–Trinajstić information content (AvgIpc) is 2.91. The number of nitrogens with zero attached hydrogens (tertiary/aromatic N) is 3. The predicted octanol–water partition coefficient (Wildman–Crippen LogP) is 5.59. The van der Waals surface area contributed by atoms with E-state index >= 15 is 0 Å². The predicted molar refractivity (Wildman–Crippen MR) is 129 cm³/mol. The van der Waals surface area contributed by atoms with Crippen LogP contribution in [0, 0.1) is 0 Å². The zero-order valence-electron chi connectivity index (χ0n) is 17.9. The number of fused-ring (bicyclic) bond motifs is 1. The third-order valence-corrected chi connectivity index (χ3v) is 6.86. The number of rotatable bonds is 4. The van der Waals surface area contributed by atoms with Crippen LogP contribution in [-0.4, -0.2) is 46.7 Å². The number of likely N-dealkylation sites (N-methyl/N-ethyl adjacent to an activating group) is 1. The van der Waals surface area contributed by atoms with E-state index in [1.54, 1.807) is 28.8 Å². The number of hydrogen-bond acceptors (Lipinski definition) is 4. The van der Waals surface area contributed by atoms with E-state index in [1.807, 2.05) is 0 Å². The Hall–Kier alpha value is -1.99. The maximum Gasteiger partial charge on any atom is 0.337 e. The average molecular weight is 497 g/mol. The molecule has 1 saturated heterocycles. The minimum atomic E-state index is -0.513. The van der Waals surface area contributed by atoms with Crippen LogP contribution in [0.4, 0.5) is 0 Å². The molecule has 0 spiro atoms. The lowest BCUT2D eigenvalue weighted by Gasteiger charge is -2.23. The van der Waals surface area contributed by atoms with Crippen molar-refractivity contribution in [3.63, 3.8) is 0 Å². The van der Waals surface area contributed by atoms with Crippen molar-refractivity contribution in [1.29, 1.82) is 0 Å². The quantitative estimate of drug-likeness (QED) is 0.442. The molecule has 6 nitrogen and oxygen atoms in total. The first kappa shape index (κ1) is 23.2. The van der Waals surface area contributed by atoms with Crippen LogP contribution in [0.2, 0.25) is 15.1 Å². The molecule has 1 aliphatic heterocycles. The Labute approximate surface area is 201 Å². The van der Waals surface area contributed by atoms with E-state index in [0.29, 0.717) is 32.3 Å². The summed E-state index contributed by atoms with van der Waals surface area (Å²) in [6.45, 7) is 4.76. The number of carbonyl (C=O) groups excluding carboxylic acids is 1. The van der Waals surface area contributed by atoms with Crippen molar-refractivity contribution >= 4 is 51.8 Å². The Kier molecular flexibility index (Phi) is 6.86. The van der Waals surface area contributed by atoms with Gasteiger partial charge in [0, 0.05) is 11.6 Å². The van der Waals surface area contributed by atoms with Gasteiger partial charge in [0.15, 0.2) is 0 Å². The number of carbonyl (C=O) groups is 1. The third kappa shape index (κ3) is 4.17. The Morgan fingerprint density at radius 1 is 1.12 bits per heavy atom. The highest BCUT2D eigenvalue weighted by atomic mass is 35.5. The summed E-state index contributed by atoms with van der Waals surface area (Å²) in [5.74, 6) is -0.513. The molecule has 4 rings (SSSR count). The van der Waals surface area contributed by atoms with Crippen LogP contribution < -0.4 is 5.69 Å². The van der Waals surface area contributed by atoms with Gasteiger partial charge in [-0.3, -0.25) is 9.13 Å². The second kappa shape index (κ2) is 9.48. The fourth-order valence-electron chi connectivity index (χ4n) is 4.46. The highest BCUT2D eigenvalue weighted by Crippen LogP contribution is 2.34. The minimum Gasteiger partial charge on any atom is -0.465 e. The molecule has 1 aliphatic rings. The molecule has 2 aromatic carbocycles. The fraction of sp³-hybridized carbons (Fsp3) is 0.391. The first-order valence-corrected chi connectivity index (χ1v) is 11.7. The lowest BCUT2D eigenvalue weighted by atomic mass is 10.1. The topological polar surface area (TPSA) is 56.5 Å². The van der Waals surface area contributed by atoms with Crippen LogP contribution in [0.3, 0.4) is 0 Å². The molecule has 0 saturated carbocycles. The summed E-state index contributed by atoms with van der Waals surface area (Å²) in [7, 11) is 1.32. The molecule has 1 aromatic heterocycles. The SMILES string of the molecule is CCN1CCCCC(n2c(=O)n(-c3ccc(Cl)cc3Cl)c3c(Cl)cc(C(=O)OC)cc32)C1. The number of methoxy groups -OCH3 is 1. The van der Waals surface area contributed by atoms with Crippen molar-refractivity contribution in [1.82, 2.24) is 14.0 Å². The van der Waals surface area contributed by atoms with Crippen molar-refractivity contribution in [2.24, 2.45) is 0 Å². The summed E-state index contributed by atoms with van der Waals surface area (Å²) in [4.78, 5) is 28.5. The van der Waals surface area contributed by atoms with Crippen LogP contribution in [0.15, 0.2) is 35.1 Å². The van der Waals surface area contributed by atoms with Gasteiger partial charge in [0.1, 0.15) is 0 Å². The van der Waals surface area contributed by atoms with Crippen LogP contribution >= 0.6 is 34.8 Å². The summed E-state index contributed by atoms with van der Waals surface area (Å²) in [5.41, 5.74) is 1.60. The number of likely N-dealkylation sites (tertiary alicyclic amines) is 1. The van der Waals surface area contributed by atoms with Gasteiger partial charge in [-0.1, -0.05) is 48.1 Å². The number of imidazole rings is 1. The molecular formula is C23H24Cl3N3O3. The Morgan fingerprint density at radius 3 is 2.59 bits per heavy atom. The van der Waals surface area contributed by atoms with Crippen LogP contribution in [-0.2, 0) is 4.74 Å². The third-order valence-electron chi connectivity index (χ3n) is 6.04. The fourth-order valence-corrected chi connectivity index (χ4v) is 5.26. The maximum absolute atomic E-state index is 13.9. The van der Waals surface area contributed by atoms with E-state index < -0.39 is 5.97 Å². The molecule has 0 aliphatic carbocycles. The number of esters is 1. The van der Waals surface area contributed by atoms with Crippen molar-refractivity contribution in [3.8, 4) is 5.69 Å². The second-order valence-corrected chi connectivity index (χ2v) is 9.19. The van der Waals surface area contributed by atoms with E-state index in [0.717, 1.165) is 38.9 Å². The first-order valence-electron chi connectivity index (χ1n) is 10.6. The largest absolute Gasteiger partial charge is 0.465 e. The van der Waals surface area contributed by atoms with Gasteiger partial charge in [-0.25, -0.2) is 9.59 Å². The van der Waals surface area contributed by atoms with E-state index in [1.165, 1.54) is 17.7 Å². The number of hydrogen-bond donors (Lipinski definition) is 0. The molecule has 170 valence electrons. The Balaban J connectivity index is 2.04. The monoisotopic (exact) mass is 495 g/mol. The highest BCUT2D eigenvalue weighted by Gasteiger charge is 2.27. The summed E-state index contributed by atoms with van der Waals surface area (Å²) in [6.07, 6.45) is 2.94. The molecule has 2 heterocycles. The molecule has 0 amide bonds.